The Morgan fingerprint density at radius 3 is 2.26 bits per heavy atom. The molecule has 0 fully saturated rings. The first-order valence-corrected chi connectivity index (χ1v) is 11.1. The van der Waals surface area contributed by atoms with Gasteiger partial charge >= 0.3 is 5.97 Å². The molecule has 2 aromatic carbocycles. The highest BCUT2D eigenvalue weighted by atomic mass is 16.5. The molecular weight excluding hydrogens is 446 g/mol. The van der Waals surface area contributed by atoms with E-state index in [0.29, 0.717) is 5.65 Å². The van der Waals surface area contributed by atoms with Gasteiger partial charge in [-0.2, -0.15) is 0 Å². The summed E-state index contributed by atoms with van der Waals surface area (Å²) in [5.74, 6) is -1.84. The van der Waals surface area contributed by atoms with E-state index in [-0.39, 0.29) is 35.4 Å². The highest BCUT2D eigenvalue weighted by Crippen LogP contribution is 2.26. The lowest BCUT2D eigenvalue weighted by Crippen LogP contribution is -2.47. The van der Waals surface area contributed by atoms with Gasteiger partial charge in [-0.3, -0.25) is 23.7 Å². The summed E-state index contributed by atoms with van der Waals surface area (Å²) < 4.78 is 6.91. The second-order valence-electron chi connectivity index (χ2n) is 8.36. The van der Waals surface area contributed by atoms with Crippen molar-refractivity contribution in [3.63, 3.8) is 0 Å². The van der Waals surface area contributed by atoms with Crippen molar-refractivity contribution >= 4 is 23.4 Å². The summed E-state index contributed by atoms with van der Waals surface area (Å²) in [5.41, 5.74) is 2.61. The first kappa shape index (κ1) is 22.2. The van der Waals surface area contributed by atoms with Crippen molar-refractivity contribution in [1.29, 1.82) is 0 Å². The highest BCUT2D eigenvalue weighted by molar-refractivity contribution is 6.22. The molecule has 8 heteroatoms. The normalized spacial score (nSPS) is 13.7. The number of pyridine rings is 1. The minimum Gasteiger partial charge on any atom is -0.458 e. The van der Waals surface area contributed by atoms with Crippen LogP contribution in [0.15, 0.2) is 83.8 Å². The summed E-state index contributed by atoms with van der Waals surface area (Å²) in [7, 11) is 0. The quantitative estimate of drug-likeness (QED) is 0.319. The van der Waals surface area contributed by atoms with Crippen LogP contribution in [0.2, 0.25) is 0 Å². The molecule has 0 saturated carbocycles. The van der Waals surface area contributed by atoms with Crippen LogP contribution >= 0.6 is 0 Å². The third kappa shape index (κ3) is 4.21. The molecule has 3 heterocycles. The van der Waals surface area contributed by atoms with E-state index in [1.165, 1.54) is 10.5 Å². The fourth-order valence-electron chi connectivity index (χ4n) is 4.18. The number of hydrogen-bond acceptors (Lipinski definition) is 6. The largest absolute Gasteiger partial charge is 0.458 e. The number of carbonyl (C=O) groups excluding carboxylic acids is 3. The standard InChI is InChI=1S/C27H21N3O5/c1-17-11-12-29-23(13-17)28-19(15-24(29)31)16-35-27(34)22(14-18-7-3-2-4-8-18)30-25(32)20-9-5-6-10-21(20)26(30)33/h2-13,15,22H,14,16H2,1H3/t22-/m1/s1. The average Bonchev–Trinajstić information content (AvgIpc) is 3.11. The Balaban J connectivity index is 1.43. The van der Waals surface area contributed by atoms with Crippen molar-refractivity contribution in [2.24, 2.45) is 0 Å². The lowest BCUT2D eigenvalue weighted by atomic mass is 10.0. The van der Waals surface area contributed by atoms with Crippen molar-refractivity contribution in [2.75, 3.05) is 0 Å². The van der Waals surface area contributed by atoms with Crippen molar-refractivity contribution in [3.8, 4) is 0 Å². The second kappa shape index (κ2) is 8.98. The first-order chi connectivity index (χ1) is 16.9. The number of fused-ring (bicyclic) bond motifs is 2. The third-order valence-corrected chi connectivity index (χ3v) is 5.92. The van der Waals surface area contributed by atoms with Crippen molar-refractivity contribution < 1.29 is 19.1 Å². The Hall–Kier alpha value is -4.59. The van der Waals surface area contributed by atoms with Gasteiger partial charge in [0, 0.05) is 18.7 Å². The second-order valence-corrected chi connectivity index (χ2v) is 8.36. The number of ether oxygens (including phenoxy) is 1. The zero-order chi connectivity index (χ0) is 24.5. The minimum absolute atomic E-state index is 0.0954. The number of amides is 2. The Morgan fingerprint density at radius 1 is 0.914 bits per heavy atom. The zero-order valence-corrected chi connectivity index (χ0v) is 18.9. The maximum absolute atomic E-state index is 13.3. The maximum Gasteiger partial charge on any atom is 0.330 e. The van der Waals surface area contributed by atoms with Crippen molar-refractivity contribution in [3.05, 3.63) is 117 Å². The number of esters is 1. The van der Waals surface area contributed by atoms with Crippen LogP contribution in [-0.4, -0.2) is 38.1 Å². The van der Waals surface area contributed by atoms with Crippen LogP contribution in [0.25, 0.3) is 5.65 Å². The Bertz CT molecular complexity index is 1490. The van der Waals surface area contributed by atoms with E-state index in [1.54, 1.807) is 42.6 Å². The van der Waals surface area contributed by atoms with Crippen LogP contribution in [0.5, 0.6) is 0 Å². The fraction of sp³-hybridized carbons (Fsp3) is 0.148. The van der Waals surface area contributed by atoms with E-state index in [0.717, 1.165) is 16.0 Å². The van der Waals surface area contributed by atoms with Crippen LogP contribution in [0, 0.1) is 6.92 Å². The van der Waals surface area contributed by atoms with Gasteiger partial charge in [-0.05, 0) is 42.3 Å². The molecule has 0 radical (unpaired) electrons. The SMILES string of the molecule is Cc1ccn2c(=O)cc(COC(=O)[C@@H](Cc3ccccc3)N3C(=O)c4ccccc4C3=O)nc2c1. The van der Waals surface area contributed by atoms with Gasteiger partial charge in [0.2, 0.25) is 0 Å². The molecule has 1 atom stereocenters. The summed E-state index contributed by atoms with van der Waals surface area (Å²) in [5, 5.41) is 0. The molecule has 1 aliphatic rings. The number of benzene rings is 2. The van der Waals surface area contributed by atoms with Crippen LogP contribution < -0.4 is 5.56 Å². The molecule has 2 amide bonds. The Labute approximate surface area is 200 Å². The molecule has 0 N–H and O–H groups in total. The number of imide groups is 1. The van der Waals surface area contributed by atoms with E-state index >= 15 is 0 Å². The van der Waals surface area contributed by atoms with Gasteiger partial charge in [0.25, 0.3) is 17.4 Å². The molecule has 0 bridgehead atoms. The number of aryl methyl sites for hydroxylation is 1. The number of nitrogens with zero attached hydrogens (tertiary/aromatic N) is 3. The van der Waals surface area contributed by atoms with Gasteiger partial charge in [0.05, 0.1) is 16.8 Å². The van der Waals surface area contributed by atoms with Gasteiger partial charge in [-0.1, -0.05) is 42.5 Å². The molecule has 0 aliphatic carbocycles. The molecule has 4 aromatic rings. The van der Waals surface area contributed by atoms with Crippen LogP contribution in [0.3, 0.4) is 0 Å². The minimum atomic E-state index is -1.17. The van der Waals surface area contributed by atoms with Gasteiger partial charge in [0.15, 0.2) is 0 Å². The first-order valence-electron chi connectivity index (χ1n) is 11.1. The molecule has 174 valence electrons. The predicted octanol–water partition coefficient (Wildman–Crippen LogP) is 2.95. The van der Waals surface area contributed by atoms with Crippen LogP contribution in [-0.2, 0) is 22.6 Å². The number of rotatable bonds is 6. The molecule has 8 nitrogen and oxygen atoms in total. The molecule has 1 aliphatic heterocycles. The van der Waals surface area contributed by atoms with Gasteiger partial charge in [-0.25, -0.2) is 9.78 Å². The number of aromatic nitrogens is 2. The molecule has 0 saturated heterocycles. The lowest BCUT2D eigenvalue weighted by Gasteiger charge is -2.24. The predicted molar refractivity (Wildman–Crippen MR) is 127 cm³/mol. The van der Waals surface area contributed by atoms with Gasteiger partial charge in [0.1, 0.15) is 18.3 Å². The topological polar surface area (TPSA) is 98.0 Å². The summed E-state index contributed by atoms with van der Waals surface area (Å²) in [6, 6.07) is 19.2. The summed E-state index contributed by atoms with van der Waals surface area (Å²) in [4.78, 5) is 57.2. The summed E-state index contributed by atoms with van der Waals surface area (Å²) >= 11 is 0. The zero-order valence-electron chi connectivity index (χ0n) is 18.9. The lowest BCUT2D eigenvalue weighted by molar-refractivity contribution is -0.149. The van der Waals surface area contributed by atoms with Gasteiger partial charge in [-0.15, -0.1) is 0 Å². The van der Waals surface area contributed by atoms with E-state index in [4.69, 9.17) is 4.74 Å². The molecule has 0 spiro atoms. The Kier molecular flexibility index (Phi) is 5.70. The third-order valence-electron chi connectivity index (χ3n) is 5.92. The Morgan fingerprint density at radius 2 is 1.57 bits per heavy atom. The fourth-order valence-corrected chi connectivity index (χ4v) is 4.18. The highest BCUT2D eigenvalue weighted by Gasteiger charge is 2.43. The monoisotopic (exact) mass is 467 g/mol. The smallest absolute Gasteiger partial charge is 0.330 e. The van der Waals surface area contributed by atoms with Crippen molar-refractivity contribution in [1.82, 2.24) is 14.3 Å². The molecule has 35 heavy (non-hydrogen) atoms. The number of carbonyl (C=O) groups is 3. The molecule has 2 aromatic heterocycles. The molecular formula is C27H21N3O5. The van der Waals surface area contributed by atoms with E-state index in [1.807, 2.05) is 37.3 Å². The molecule has 5 rings (SSSR count). The van der Waals surface area contributed by atoms with Gasteiger partial charge < -0.3 is 4.74 Å². The summed E-state index contributed by atoms with van der Waals surface area (Å²) in [6.45, 7) is 1.61. The number of hydrogen-bond donors (Lipinski definition) is 0. The maximum atomic E-state index is 13.3. The molecule has 0 unspecified atom stereocenters. The van der Waals surface area contributed by atoms with Crippen LogP contribution in [0.4, 0.5) is 0 Å². The van der Waals surface area contributed by atoms with Crippen molar-refractivity contribution in [2.45, 2.75) is 26.0 Å². The van der Waals surface area contributed by atoms with E-state index < -0.39 is 23.8 Å². The van der Waals surface area contributed by atoms with E-state index in [2.05, 4.69) is 4.98 Å². The average molecular weight is 467 g/mol. The summed E-state index contributed by atoms with van der Waals surface area (Å²) in [6.07, 6.45) is 1.73. The van der Waals surface area contributed by atoms with E-state index in [9.17, 15) is 19.2 Å². The van der Waals surface area contributed by atoms with Crippen LogP contribution in [0.1, 0.15) is 37.5 Å².